The zero-order chi connectivity index (χ0) is 12.3. The Morgan fingerprint density at radius 2 is 2.18 bits per heavy atom. The third-order valence-electron chi connectivity index (χ3n) is 2.63. The van der Waals surface area contributed by atoms with Crippen LogP contribution in [-0.4, -0.2) is 11.5 Å². The van der Waals surface area contributed by atoms with Gasteiger partial charge in [-0.05, 0) is 32.5 Å². The normalized spacial score (nSPS) is 12.9. The first-order valence-electron chi connectivity index (χ1n) is 5.89. The summed E-state index contributed by atoms with van der Waals surface area (Å²) in [7, 11) is 0. The molecule has 1 atom stereocenters. The quantitative estimate of drug-likeness (QED) is 0.892. The minimum absolute atomic E-state index is 0.403. The van der Waals surface area contributed by atoms with Crippen LogP contribution >= 0.6 is 22.7 Å². The van der Waals surface area contributed by atoms with E-state index in [2.05, 4.69) is 48.6 Å². The first-order chi connectivity index (χ1) is 8.19. The zero-order valence-corrected chi connectivity index (χ0v) is 12.1. The average molecular weight is 266 g/mol. The Balaban J connectivity index is 2.12. The van der Waals surface area contributed by atoms with E-state index in [1.165, 1.54) is 15.4 Å². The summed E-state index contributed by atoms with van der Waals surface area (Å²) in [4.78, 5) is 7.33. The molecule has 92 valence electrons. The van der Waals surface area contributed by atoms with E-state index >= 15 is 0 Å². The molecule has 0 fully saturated rings. The first-order valence-corrected chi connectivity index (χ1v) is 7.59. The average Bonchev–Trinajstić information content (AvgIpc) is 2.87. The van der Waals surface area contributed by atoms with Gasteiger partial charge in [-0.25, -0.2) is 4.98 Å². The lowest BCUT2D eigenvalue weighted by Crippen LogP contribution is -2.22. The molecule has 0 bridgehead atoms. The Labute approximate surface area is 111 Å². The number of hydrogen-bond acceptors (Lipinski definition) is 4. The van der Waals surface area contributed by atoms with Gasteiger partial charge in [-0.3, -0.25) is 0 Å². The highest BCUT2D eigenvalue weighted by Crippen LogP contribution is 2.26. The summed E-state index contributed by atoms with van der Waals surface area (Å²) in [5, 5.41) is 6.86. The number of hydrogen-bond donors (Lipinski definition) is 1. The van der Waals surface area contributed by atoms with E-state index in [-0.39, 0.29) is 0 Å². The van der Waals surface area contributed by atoms with E-state index in [1.807, 2.05) is 11.3 Å². The molecule has 4 heteroatoms. The van der Waals surface area contributed by atoms with Crippen molar-refractivity contribution in [1.82, 2.24) is 10.3 Å². The number of nitrogens with zero attached hydrogens (tertiary/aromatic N) is 1. The SMILES string of the molecule is CCNC(Cc1csc(C)n1)c1ccc(C)s1. The fraction of sp³-hybridized carbons (Fsp3) is 0.462. The summed E-state index contributed by atoms with van der Waals surface area (Å²) in [6.45, 7) is 7.36. The minimum Gasteiger partial charge on any atom is -0.309 e. The van der Waals surface area contributed by atoms with Crippen LogP contribution in [0.5, 0.6) is 0 Å². The van der Waals surface area contributed by atoms with Gasteiger partial charge in [-0.2, -0.15) is 0 Å². The third kappa shape index (κ3) is 3.37. The third-order valence-corrected chi connectivity index (χ3v) is 4.57. The lowest BCUT2D eigenvalue weighted by molar-refractivity contribution is 0.553. The summed E-state index contributed by atoms with van der Waals surface area (Å²) >= 11 is 3.60. The molecule has 1 unspecified atom stereocenters. The van der Waals surface area contributed by atoms with Gasteiger partial charge in [-0.1, -0.05) is 6.92 Å². The number of thiophene rings is 1. The lowest BCUT2D eigenvalue weighted by Gasteiger charge is -2.15. The molecule has 0 aliphatic heterocycles. The second-order valence-corrected chi connectivity index (χ2v) is 6.50. The Bertz CT molecular complexity index is 473. The van der Waals surface area contributed by atoms with Crippen molar-refractivity contribution in [3.05, 3.63) is 38.0 Å². The molecule has 0 amide bonds. The van der Waals surface area contributed by atoms with E-state index in [1.54, 1.807) is 11.3 Å². The molecule has 17 heavy (non-hydrogen) atoms. The van der Waals surface area contributed by atoms with Crippen molar-refractivity contribution < 1.29 is 0 Å². The maximum Gasteiger partial charge on any atom is 0.0897 e. The molecule has 0 radical (unpaired) electrons. The molecule has 2 aromatic heterocycles. The molecular weight excluding hydrogens is 248 g/mol. The van der Waals surface area contributed by atoms with Crippen molar-refractivity contribution in [2.24, 2.45) is 0 Å². The monoisotopic (exact) mass is 266 g/mol. The van der Waals surface area contributed by atoms with Crippen LogP contribution in [0, 0.1) is 13.8 Å². The predicted molar refractivity (Wildman–Crippen MR) is 76.0 cm³/mol. The van der Waals surface area contributed by atoms with Gasteiger partial charge < -0.3 is 5.32 Å². The van der Waals surface area contributed by atoms with Crippen molar-refractivity contribution in [1.29, 1.82) is 0 Å². The standard InChI is InChI=1S/C13H18N2S2/c1-4-14-12(13-6-5-9(2)17-13)7-11-8-16-10(3)15-11/h5-6,8,12,14H,4,7H2,1-3H3. The molecule has 0 saturated heterocycles. The highest BCUT2D eigenvalue weighted by molar-refractivity contribution is 7.12. The molecule has 0 aliphatic carbocycles. The summed E-state index contributed by atoms with van der Waals surface area (Å²) in [6.07, 6.45) is 0.984. The van der Waals surface area contributed by atoms with Crippen LogP contribution in [0.1, 0.15) is 33.4 Å². The molecule has 1 N–H and O–H groups in total. The fourth-order valence-electron chi connectivity index (χ4n) is 1.87. The van der Waals surface area contributed by atoms with Crippen LogP contribution in [-0.2, 0) is 6.42 Å². The van der Waals surface area contributed by atoms with Crippen LogP contribution in [0.4, 0.5) is 0 Å². The van der Waals surface area contributed by atoms with E-state index in [0.29, 0.717) is 6.04 Å². The lowest BCUT2D eigenvalue weighted by atomic mass is 10.1. The number of rotatable bonds is 5. The van der Waals surface area contributed by atoms with Crippen LogP contribution in [0.25, 0.3) is 0 Å². The van der Waals surface area contributed by atoms with Crippen LogP contribution in [0.3, 0.4) is 0 Å². The number of likely N-dealkylation sites (N-methyl/N-ethyl adjacent to an activating group) is 1. The highest BCUT2D eigenvalue weighted by atomic mass is 32.1. The van der Waals surface area contributed by atoms with E-state index in [4.69, 9.17) is 0 Å². The molecule has 2 rings (SSSR count). The Hall–Kier alpha value is -0.710. The van der Waals surface area contributed by atoms with Gasteiger partial charge in [0.1, 0.15) is 0 Å². The number of aryl methyl sites for hydroxylation is 2. The largest absolute Gasteiger partial charge is 0.309 e. The molecule has 0 aromatic carbocycles. The molecule has 0 saturated carbocycles. The number of thiazole rings is 1. The van der Waals surface area contributed by atoms with Crippen molar-refractivity contribution in [3.63, 3.8) is 0 Å². The summed E-state index contributed by atoms with van der Waals surface area (Å²) in [5.74, 6) is 0. The first kappa shape index (κ1) is 12.7. The molecule has 0 spiro atoms. The second kappa shape index (κ2) is 5.76. The Kier molecular flexibility index (Phi) is 4.31. The van der Waals surface area contributed by atoms with E-state index in [0.717, 1.165) is 18.0 Å². The van der Waals surface area contributed by atoms with Gasteiger partial charge in [0, 0.05) is 27.6 Å². The summed E-state index contributed by atoms with van der Waals surface area (Å²) in [6, 6.07) is 4.82. The zero-order valence-electron chi connectivity index (χ0n) is 10.5. The molecule has 0 aliphatic rings. The second-order valence-electron chi connectivity index (χ2n) is 4.12. The molecule has 2 aromatic rings. The Morgan fingerprint density at radius 1 is 1.35 bits per heavy atom. The van der Waals surface area contributed by atoms with Gasteiger partial charge in [-0.15, -0.1) is 22.7 Å². The minimum atomic E-state index is 0.403. The van der Waals surface area contributed by atoms with E-state index in [9.17, 15) is 0 Å². The van der Waals surface area contributed by atoms with Gasteiger partial charge >= 0.3 is 0 Å². The van der Waals surface area contributed by atoms with Gasteiger partial charge in [0.15, 0.2) is 0 Å². The van der Waals surface area contributed by atoms with Crippen molar-refractivity contribution in [2.45, 2.75) is 33.2 Å². The van der Waals surface area contributed by atoms with E-state index < -0.39 is 0 Å². The predicted octanol–water partition coefficient (Wildman–Crippen LogP) is 3.71. The van der Waals surface area contributed by atoms with Crippen molar-refractivity contribution in [2.75, 3.05) is 6.54 Å². The summed E-state index contributed by atoms with van der Waals surface area (Å²) < 4.78 is 0. The topological polar surface area (TPSA) is 24.9 Å². The Morgan fingerprint density at radius 3 is 2.71 bits per heavy atom. The maximum atomic E-state index is 4.55. The van der Waals surface area contributed by atoms with Crippen molar-refractivity contribution in [3.8, 4) is 0 Å². The molecular formula is C13H18N2S2. The summed E-state index contributed by atoms with van der Waals surface area (Å²) in [5.41, 5.74) is 1.20. The van der Waals surface area contributed by atoms with Gasteiger partial charge in [0.05, 0.1) is 10.7 Å². The fourth-order valence-corrected chi connectivity index (χ4v) is 3.45. The van der Waals surface area contributed by atoms with Gasteiger partial charge in [0.25, 0.3) is 0 Å². The number of aromatic nitrogens is 1. The van der Waals surface area contributed by atoms with Crippen molar-refractivity contribution >= 4 is 22.7 Å². The molecule has 2 nitrogen and oxygen atoms in total. The van der Waals surface area contributed by atoms with Crippen LogP contribution in [0.2, 0.25) is 0 Å². The highest BCUT2D eigenvalue weighted by Gasteiger charge is 2.14. The number of nitrogens with one attached hydrogen (secondary N) is 1. The molecule has 2 heterocycles. The maximum absolute atomic E-state index is 4.55. The van der Waals surface area contributed by atoms with Crippen LogP contribution in [0.15, 0.2) is 17.5 Å². The van der Waals surface area contributed by atoms with Gasteiger partial charge in [0.2, 0.25) is 0 Å². The smallest absolute Gasteiger partial charge is 0.0897 e. The van der Waals surface area contributed by atoms with Crippen LogP contribution < -0.4 is 5.32 Å².